The number of rotatable bonds is 2. The van der Waals surface area contributed by atoms with E-state index in [0.717, 1.165) is 54.1 Å². The molecule has 4 rings (SSSR count). The summed E-state index contributed by atoms with van der Waals surface area (Å²) in [6, 6.07) is 7.73. The third kappa shape index (κ3) is 2.45. The Balaban J connectivity index is 1.65. The highest BCUT2D eigenvalue weighted by atomic mass is 16.5. The fourth-order valence-electron chi connectivity index (χ4n) is 3.78. The van der Waals surface area contributed by atoms with E-state index in [4.69, 9.17) is 4.74 Å². The maximum Gasteiger partial charge on any atom is 0.255 e. The molecule has 2 aliphatic rings. The molecule has 1 N–H and O–H groups in total. The quantitative estimate of drug-likeness (QED) is 0.919. The molecule has 2 fully saturated rings. The standard InChI is InChI=1S/C18H21N3O2/c1-11-16(5-12-3-4-15(23-2)6-17(12)20-11)18(22)21-9-13-7-19-8-14(13)10-21/h3-6,13-14,19H,7-10H2,1-2H3/t13-,14+. The number of aryl methyl sites for hydroxylation is 1. The van der Waals surface area contributed by atoms with E-state index in [-0.39, 0.29) is 5.91 Å². The van der Waals surface area contributed by atoms with Crippen LogP contribution in [0.1, 0.15) is 16.1 Å². The number of nitrogens with zero attached hydrogens (tertiary/aromatic N) is 2. The number of fused-ring (bicyclic) bond motifs is 2. The molecule has 0 unspecified atom stereocenters. The molecule has 3 heterocycles. The van der Waals surface area contributed by atoms with Gasteiger partial charge in [-0.1, -0.05) is 0 Å². The Kier molecular flexibility index (Phi) is 3.45. The summed E-state index contributed by atoms with van der Waals surface area (Å²) in [5.74, 6) is 2.11. The molecule has 5 nitrogen and oxygen atoms in total. The number of methoxy groups -OCH3 is 1. The SMILES string of the molecule is COc1ccc2cc(C(=O)N3C[C@H]4CNC[C@H]4C3)c(C)nc2c1. The molecule has 0 aliphatic carbocycles. The fourth-order valence-corrected chi connectivity index (χ4v) is 3.78. The van der Waals surface area contributed by atoms with Crippen molar-refractivity contribution in [2.45, 2.75) is 6.92 Å². The number of hydrogen-bond acceptors (Lipinski definition) is 4. The molecule has 1 amide bonds. The highest BCUT2D eigenvalue weighted by Gasteiger charge is 2.38. The molecule has 0 bridgehead atoms. The number of likely N-dealkylation sites (tertiary alicyclic amines) is 1. The van der Waals surface area contributed by atoms with Gasteiger partial charge in [-0.15, -0.1) is 0 Å². The van der Waals surface area contributed by atoms with Crippen LogP contribution in [0.4, 0.5) is 0 Å². The third-order valence-corrected chi connectivity index (χ3v) is 5.12. The maximum absolute atomic E-state index is 12.9. The number of ether oxygens (including phenoxy) is 1. The molecule has 2 aliphatic heterocycles. The number of carbonyl (C=O) groups excluding carboxylic acids is 1. The van der Waals surface area contributed by atoms with Gasteiger partial charge < -0.3 is 15.0 Å². The van der Waals surface area contributed by atoms with Crippen LogP contribution in [0.25, 0.3) is 10.9 Å². The normalized spacial score (nSPS) is 23.3. The van der Waals surface area contributed by atoms with Crippen molar-refractivity contribution in [1.82, 2.24) is 15.2 Å². The average molecular weight is 311 g/mol. The lowest BCUT2D eigenvalue weighted by Crippen LogP contribution is -2.32. The summed E-state index contributed by atoms with van der Waals surface area (Å²) in [5.41, 5.74) is 2.36. The number of carbonyl (C=O) groups is 1. The Morgan fingerprint density at radius 1 is 1.26 bits per heavy atom. The minimum Gasteiger partial charge on any atom is -0.497 e. The summed E-state index contributed by atoms with van der Waals surface area (Å²) >= 11 is 0. The van der Waals surface area contributed by atoms with Crippen molar-refractivity contribution >= 4 is 16.8 Å². The lowest BCUT2D eigenvalue weighted by Gasteiger charge is -2.19. The Labute approximate surface area is 135 Å². The van der Waals surface area contributed by atoms with E-state index in [1.54, 1.807) is 7.11 Å². The van der Waals surface area contributed by atoms with Crippen LogP contribution in [0.2, 0.25) is 0 Å². The molecule has 2 aromatic rings. The van der Waals surface area contributed by atoms with Crippen molar-refractivity contribution < 1.29 is 9.53 Å². The summed E-state index contributed by atoms with van der Waals surface area (Å²) in [4.78, 5) is 19.5. The minimum absolute atomic E-state index is 0.113. The van der Waals surface area contributed by atoms with Crippen molar-refractivity contribution in [2.75, 3.05) is 33.3 Å². The first kappa shape index (κ1) is 14.5. The number of hydrogen-bond donors (Lipinski definition) is 1. The molecule has 2 saturated heterocycles. The van der Waals surface area contributed by atoms with E-state index < -0.39 is 0 Å². The highest BCUT2D eigenvalue weighted by Crippen LogP contribution is 2.29. The zero-order valence-electron chi connectivity index (χ0n) is 13.5. The van der Waals surface area contributed by atoms with Crippen molar-refractivity contribution in [3.8, 4) is 5.75 Å². The summed E-state index contributed by atoms with van der Waals surface area (Å²) < 4.78 is 5.24. The van der Waals surface area contributed by atoms with Crippen molar-refractivity contribution in [1.29, 1.82) is 0 Å². The number of amides is 1. The van der Waals surface area contributed by atoms with Crippen molar-refractivity contribution in [3.63, 3.8) is 0 Å². The molecule has 1 aromatic heterocycles. The Hall–Kier alpha value is -2.14. The van der Waals surface area contributed by atoms with Gasteiger partial charge in [0.2, 0.25) is 0 Å². The van der Waals surface area contributed by atoms with Gasteiger partial charge in [0.1, 0.15) is 5.75 Å². The Morgan fingerprint density at radius 3 is 2.70 bits per heavy atom. The topological polar surface area (TPSA) is 54.5 Å². The Bertz CT molecular complexity index is 762. The maximum atomic E-state index is 12.9. The number of pyridine rings is 1. The van der Waals surface area contributed by atoms with Crippen molar-refractivity contribution in [2.24, 2.45) is 11.8 Å². The summed E-state index contributed by atoms with van der Waals surface area (Å²) in [7, 11) is 1.64. The highest BCUT2D eigenvalue weighted by molar-refractivity contribution is 5.99. The first-order chi connectivity index (χ1) is 11.2. The van der Waals surface area contributed by atoms with Crippen LogP contribution in [0.3, 0.4) is 0 Å². The molecular weight excluding hydrogens is 290 g/mol. The van der Waals surface area contributed by atoms with Crippen LogP contribution < -0.4 is 10.1 Å². The van der Waals surface area contributed by atoms with Gasteiger partial charge in [0.25, 0.3) is 5.91 Å². The van der Waals surface area contributed by atoms with Gasteiger partial charge in [0, 0.05) is 37.6 Å². The van der Waals surface area contributed by atoms with E-state index in [0.29, 0.717) is 11.8 Å². The zero-order chi connectivity index (χ0) is 16.0. The molecule has 1 aromatic carbocycles. The second-order valence-corrected chi connectivity index (χ2v) is 6.57. The zero-order valence-corrected chi connectivity index (χ0v) is 13.5. The molecule has 2 atom stereocenters. The van der Waals surface area contributed by atoms with Crippen molar-refractivity contribution in [3.05, 3.63) is 35.5 Å². The van der Waals surface area contributed by atoms with E-state index in [9.17, 15) is 4.79 Å². The van der Waals surface area contributed by atoms with Crippen LogP contribution in [0, 0.1) is 18.8 Å². The predicted octanol–water partition coefficient (Wildman–Crippen LogP) is 1.84. The molecule has 0 saturated carbocycles. The second-order valence-electron chi connectivity index (χ2n) is 6.57. The first-order valence-electron chi connectivity index (χ1n) is 8.11. The predicted molar refractivity (Wildman–Crippen MR) is 88.8 cm³/mol. The number of aromatic nitrogens is 1. The summed E-state index contributed by atoms with van der Waals surface area (Å²) in [6.45, 7) is 5.68. The molecular formula is C18H21N3O2. The van der Waals surface area contributed by atoms with Gasteiger partial charge in [-0.3, -0.25) is 9.78 Å². The van der Waals surface area contributed by atoms with E-state index in [1.807, 2.05) is 36.1 Å². The average Bonchev–Trinajstić information content (AvgIpc) is 3.14. The molecule has 0 radical (unpaired) electrons. The van der Waals surface area contributed by atoms with Gasteiger partial charge in [-0.05, 0) is 37.0 Å². The van der Waals surface area contributed by atoms with Gasteiger partial charge >= 0.3 is 0 Å². The van der Waals surface area contributed by atoms with Crippen LogP contribution >= 0.6 is 0 Å². The fraction of sp³-hybridized carbons (Fsp3) is 0.444. The van der Waals surface area contributed by atoms with Crippen LogP contribution in [-0.2, 0) is 0 Å². The Morgan fingerprint density at radius 2 is 2.00 bits per heavy atom. The number of nitrogens with one attached hydrogen (secondary N) is 1. The lowest BCUT2D eigenvalue weighted by molar-refractivity contribution is 0.0780. The summed E-state index contributed by atoms with van der Waals surface area (Å²) in [6.07, 6.45) is 0. The first-order valence-corrected chi connectivity index (χ1v) is 8.11. The van der Waals surface area contributed by atoms with Crippen LogP contribution in [0.5, 0.6) is 5.75 Å². The van der Waals surface area contributed by atoms with Gasteiger partial charge in [-0.2, -0.15) is 0 Å². The molecule has 5 heteroatoms. The molecule has 120 valence electrons. The third-order valence-electron chi connectivity index (χ3n) is 5.12. The van der Waals surface area contributed by atoms with Gasteiger partial charge in [0.05, 0.1) is 23.9 Å². The van der Waals surface area contributed by atoms with E-state index >= 15 is 0 Å². The van der Waals surface area contributed by atoms with Crippen LogP contribution in [0.15, 0.2) is 24.3 Å². The van der Waals surface area contributed by atoms with E-state index in [1.165, 1.54) is 0 Å². The lowest BCUT2D eigenvalue weighted by atomic mass is 10.0. The summed E-state index contributed by atoms with van der Waals surface area (Å²) in [5, 5.41) is 4.38. The largest absolute Gasteiger partial charge is 0.497 e. The van der Waals surface area contributed by atoms with Crippen LogP contribution in [-0.4, -0.2) is 49.1 Å². The monoisotopic (exact) mass is 311 g/mol. The molecule has 23 heavy (non-hydrogen) atoms. The smallest absolute Gasteiger partial charge is 0.255 e. The number of benzene rings is 1. The van der Waals surface area contributed by atoms with Gasteiger partial charge in [-0.25, -0.2) is 0 Å². The minimum atomic E-state index is 0.113. The van der Waals surface area contributed by atoms with Gasteiger partial charge in [0.15, 0.2) is 0 Å². The molecule has 0 spiro atoms. The van der Waals surface area contributed by atoms with E-state index in [2.05, 4.69) is 10.3 Å². The second kappa shape index (κ2) is 5.49.